The normalized spacial score (nSPS) is 19.2. The minimum atomic E-state index is -0.522. The van der Waals surface area contributed by atoms with Crippen LogP contribution in [0.1, 0.15) is 29.9 Å². The van der Waals surface area contributed by atoms with Crippen LogP contribution in [-0.4, -0.2) is 31.1 Å². The van der Waals surface area contributed by atoms with E-state index in [1.165, 1.54) is 11.3 Å². The number of carbonyl (C=O) groups is 1. The predicted octanol–water partition coefficient (Wildman–Crippen LogP) is 0.754. The molecule has 1 atom stereocenters. The Morgan fingerprint density at radius 2 is 2.21 bits per heavy atom. The molecule has 2 heterocycles. The van der Waals surface area contributed by atoms with Crippen molar-refractivity contribution in [3.63, 3.8) is 0 Å². The first-order valence-corrected chi connectivity index (χ1v) is 7.11. The van der Waals surface area contributed by atoms with Crippen LogP contribution in [0.25, 0.3) is 0 Å². The van der Waals surface area contributed by atoms with Gasteiger partial charge in [-0.1, -0.05) is 0 Å². The molecule has 1 unspecified atom stereocenters. The molecule has 1 aliphatic heterocycles. The van der Waals surface area contributed by atoms with Crippen molar-refractivity contribution >= 4 is 27.9 Å². The Morgan fingerprint density at radius 1 is 1.53 bits per heavy atom. The number of nitrogens with two attached hydrogens (primary N) is 3. The number of ether oxygens (including phenoxy) is 1. The van der Waals surface area contributed by atoms with Crippen LogP contribution in [0.4, 0.5) is 10.7 Å². The standard InChI is InChI=1S/C12H20N4O2S/c1-6(2)18-9-8(14)10(11(15)17)19-12(9)16-4-3-7(13)5-16/h6-7H,3-5,13-14H2,1-2H3,(H2,15,17). The number of nitrogens with zero attached hydrogens (tertiary/aromatic N) is 1. The molecule has 0 saturated carbocycles. The number of amides is 1. The van der Waals surface area contributed by atoms with Crippen LogP contribution < -0.4 is 26.8 Å². The highest BCUT2D eigenvalue weighted by molar-refractivity contribution is 7.19. The number of anilines is 2. The smallest absolute Gasteiger partial charge is 0.261 e. The fourth-order valence-electron chi connectivity index (χ4n) is 2.13. The molecule has 0 aliphatic carbocycles. The van der Waals surface area contributed by atoms with Crippen molar-refractivity contribution in [2.24, 2.45) is 11.5 Å². The number of rotatable bonds is 4. The maximum atomic E-state index is 11.4. The topological polar surface area (TPSA) is 108 Å². The van der Waals surface area contributed by atoms with Crippen LogP contribution in [0, 0.1) is 0 Å². The molecule has 0 radical (unpaired) electrons. The first-order chi connectivity index (χ1) is 8.90. The molecule has 2 rings (SSSR count). The summed E-state index contributed by atoms with van der Waals surface area (Å²) in [7, 11) is 0. The van der Waals surface area contributed by atoms with Gasteiger partial charge in [0.05, 0.1) is 6.10 Å². The lowest BCUT2D eigenvalue weighted by Gasteiger charge is -2.19. The highest BCUT2D eigenvalue weighted by Crippen LogP contribution is 2.46. The van der Waals surface area contributed by atoms with Gasteiger partial charge in [-0.15, -0.1) is 11.3 Å². The van der Waals surface area contributed by atoms with Gasteiger partial charge in [0.2, 0.25) is 0 Å². The number of hydrogen-bond donors (Lipinski definition) is 3. The zero-order valence-electron chi connectivity index (χ0n) is 11.2. The fourth-order valence-corrected chi connectivity index (χ4v) is 3.17. The lowest BCUT2D eigenvalue weighted by atomic mass is 10.3. The second-order valence-corrected chi connectivity index (χ2v) is 6.00. The van der Waals surface area contributed by atoms with Crippen LogP contribution >= 0.6 is 11.3 Å². The van der Waals surface area contributed by atoms with Crippen LogP contribution in [0.2, 0.25) is 0 Å². The first-order valence-electron chi connectivity index (χ1n) is 6.29. The Hall–Kier alpha value is -1.47. The van der Waals surface area contributed by atoms with Crippen molar-refractivity contribution in [1.29, 1.82) is 0 Å². The van der Waals surface area contributed by atoms with E-state index < -0.39 is 5.91 Å². The SMILES string of the molecule is CC(C)Oc1c(N2CCC(N)C2)sc(C(N)=O)c1N. The number of nitrogen functional groups attached to an aromatic ring is 1. The molecule has 7 heteroatoms. The van der Waals surface area contributed by atoms with E-state index in [-0.39, 0.29) is 12.1 Å². The highest BCUT2D eigenvalue weighted by atomic mass is 32.1. The van der Waals surface area contributed by atoms with Crippen molar-refractivity contribution in [3.8, 4) is 5.75 Å². The Morgan fingerprint density at radius 3 is 2.68 bits per heavy atom. The third-order valence-corrected chi connectivity index (χ3v) is 4.23. The Labute approximate surface area is 116 Å². The monoisotopic (exact) mass is 284 g/mol. The summed E-state index contributed by atoms with van der Waals surface area (Å²) in [4.78, 5) is 13.9. The third-order valence-electron chi connectivity index (χ3n) is 2.97. The third kappa shape index (κ3) is 2.76. The molecule has 1 aliphatic rings. The molecular formula is C12H20N4O2S. The van der Waals surface area contributed by atoms with E-state index in [4.69, 9.17) is 21.9 Å². The zero-order chi connectivity index (χ0) is 14.2. The van der Waals surface area contributed by atoms with Gasteiger partial charge in [-0.25, -0.2) is 0 Å². The van der Waals surface area contributed by atoms with Crippen LogP contribution in [0.15, 0.2) is 0 Å². The van der Waals surface area contributed by atoms with Gasteiger partial charge in [0.25, 0.3) is 5.91 Å². The molecule has 1 aromatic rings. The van der Waals surface area contributed by atoms with E-state index in [0.29, 0.717) is 16.3 Å². The van der Waals surface area contributed by atoms with Crippen molar-refractivity contribution in [2.75, 3.05) is 23.7 Å². The Bertz CT molecular complexity index is 486. The van der Waals surface area contributed by atoms with E-state index in [1.54, 1.807) is 0 Å². The number of carbonyl (C=O) groups excluding carboxylic acids is 1. The van der Waals surface area contributed by atoms with Gasteiger partial charge in [-0.2, -0.15) is 0 Å². The maximum absolute atomic E-state index is 11.4. The minimum absolute atomic E-state index is 0.0207. The summed E-state index contributed by atoms with van der Waals surface area (Å²) in [6, 6.07) is 0.146. The zero-order valence-corrected chi connectivity index (χ0v) is 12.0. The summed E-state index contributed by atoms with van der Waals surface area (Å²) in [5.41, 5.74) is 17.6. The summed E-state index contributed by atoms with van der Waals surface area (Å²) < 4.78 is 5.75. The van der Waals surface area contributed by atoms with Gasteiger partial charge >= 0.3 is 0 Å². The molecule has 0 spiro atoms. The molecule has 1 saturated heterocycles. The van der Waals surface area contributed by atoms with Gasteiger partial charge in [0.15, 0.2) is 5.75 Å². The van der Waals surface area contributed by atoms with Gasteiger partial charge in [0.1, 0.15) is 15.6 Å². The van der Waals surface area contributed by atoms with Crippen LogP contribution in [0.3, 0.4) is 0 Å². The molecule has 1 fully saturated rings. The average molecular weight is 284 g/mol. The fraction of sp³-hybridized carbons (Fsp3) is 0.583. The summed E-state index contributed by atoms with van der Waals surface area (Å²) in [5, 5.41) is 0.855. The highest BCUT2D eigenvalue weighted by Gasteiger charge is 2.29. The summed E-state index contributed by atoms with van der Waals surface area (Å²) in [6.07, 6.45) is 0.901. The molecule has 1 amide bonds. The summed E-state index contributed by atoms with van der Waals surface area (Å²) in [5.74, 6) is 0.0359. The molecule has 106 valence electrons. The second kappa shape index (κ2) is 5.26. The number of hydrogen-bond acceptors (Lipinski definition) is 6. The summed E-state index contributed by atoms with van der Waals surface area (Å²) >= 11 is 1.28. The molecule has 1 aromatic heterocycles. The van der Waals surface area contributed by atoms with E-state index in [2.05, 4.69) is 4.90 Å². The summed E-state index contributed by atoms with van der Waals surface area (Å²) in [6.45, 7) is 5.42. The first kappa shape index (κ1) is 14.0. The molecular weight excluding hydrogens is 264 g/mol. The average Bonchev–Trinajstić information content (AvgIpc) is 2.84. The molecule has 6 nitrogen and oxygen atoms in total. The van der Waals surface area contributed by atoms with Gasteiger partial charge in [0, 0.05) is 19.1 Å². The van der Waals surface area contributed by atoms with Gasteiger partial charge in [-0.3, -0.25) is 4.79 Å². The van der Waals surface area contributed by atoms with Gasteiger partial charge in [-0.05, 0) is 20.3 Å². The van der Waals surface area contributed by atoms with Gasteiger partial charge < -0.3 is 26.8 Å². The minimum Gasteiger partial charge on any atom is -0.486 e. The van der Waals surface area contributed by atoms with Crippen molar-refractivity contribution in [3.05, 3.63) is 4.88 Å². The lowest BCUT2D eigenvalue weighted by molar-refractivity contribution is 0.100. The lowest BCUT2D eigenvalue weighted by Crippen LogP contribution is -2.26. The van der Waals surface area contributed by atoms with Crippen molar-refractivity contribution < 1.29 is 9.53 Å². The molecule has 19 heavy (non-hydrogen) atoms. The number of thiophene rings is 1. The van der Waals surface area contributed by atoms with E-state index in [1.807, 2.05) is 13.8 Å². The molecule has 6 N–H and O–H groups in total. The quantitative estimate of drug-likeness (QED) is 0.756. The van der Waals surface area contributed by atoms with Crippen molar-refractivity contribution in [2.45, 2.75) is 32.4 Å². The Kier molecular flexibility index (Phi) is 3.86. The van der Waals surface area contributed by atoms with E-state index >= 15 is 0 Å². The maximum Gasteiger partial charge on any atom is 0.261 e. The second-order valence-electron chi connectivity index (χ2n) is 5.00. The van der Waals surface area contributed by atoms with Crippen LogP contribution in [0.5, 0.6) is 5.75 Å². The Balaban J connectivity index is 2.40. The largest absolute Gasteiger partial charge is 0.486 e. The van der Waals surface area contributed by atoms with E-state index in [0.717, 1.165) is 24.5 Å². The number of primary amides is 1. The van der Waals surface area contributed by atoms with Crippen molar-refractivity contribution in [1.82, 2.24) is 0 Å². The van der Waals surface area contributed by atoms with Crippen LogP contribution in [-0.2, 0) is 0 Å². The molecule has 0 bridgehead atoms. The molecule has 0 aromatic carbocycles. The predicted molar refractivity (Wildman–Crippen MR) is 77.8 cm³/mol. The van der Waals surface area contributed by atoms with E-state index in [9.17, 15) is 4.79 Å².